The van der Waals surface area contributed by atoms with Gasteiger partial charge in [-0.2, -0.15) is 0 Å². The lowest BCUT2D eigenvalue weighted by Crippen LogP contribution is -2.20. The molecule has 0 radical (unpaired) electrons. The minimum absolute atomic E-state index is 0.0296. The predicted octanol–water partition coefficient (Wildman–Crippen LogP) is 4.71. The van der Waals surface area contributed by atoms with Crippen molar-refractivity contribution in [2.75, 3.05) is 23.8 Å². The first-order chi connectivity index (χ1) is 13.2. The van der Waals surface area contributed by atoms with Crippen LogP contribution in [0.3, 0.4) is 0 Å². The van der Waals surface area contributed by atoms with Crippen LogP contribution in [0.4, 0.5) is 11.5 Å². The molecule has 27 heavy (non-hydrogen) atoms. The number of ether oxygens (including phenoxy) is 1. The number of nitrogens with one attached hydrogen (secondary N) is 2. The van der Waals surface area contributed by atoms with Crippen molar-refractivity contribution in [1.82, 2.24) is 4.98 Å². The lowest BCUT2D eigenvalue weighted by molar-refractivity contribution is -0.118. The largest absolute Gasteiger partial charge is 0.484 e. The first kappa shape index (κ1) is 19.0. The lowest BCUT2D eigenvalue weighted by Gasteiger charge is -2.13. The summed E-state index contributed by atoms with van der Waals surface area (Å²) in [5, 5.41) is 6.13. The van der Waals surface area contributed by atoms with Crippen LogP contribution in [0.1, 0.15) is 37.7 Å². The molecule has 3 rings (SSSR count). The van der Waals surface area contributed by atoms with E-state index in [0.717, 1.165) is 24.3 Å². The van der Waals surface area contributed by atoms with Gasteiger partial charge in [0, 0.05) is 6.54 Å². The number of aromatic nitrogens is 1. The van der Waals surface area contributed by atoms with E-state index in [0.29, 0.717) is 11.4 Å². The zero-order valence-electron chi connectivity index (χ0n) is 15.8. The normalized spacial score (nSPS) is 13.6. The first-order valence-corrected chi connectivity index (χ1v) is 9.56. The van der Waals surface area contributed by atoms with Crippen LogP contribution in [0.25, 0.3) is 0 Å². The van der Waals surface area contributed by atoms with Crippen LogP contribution in [0.5, 0.6) is 5.75 Å². The number of hydrogen-bond donors (Lipinski definition) is 2. The summed E-state index contributed by atoms with van der Waals surface area (Å²) in [4.78, 5) is 16.4. The van der Waals surface area contributed by atoms with Crippen molar-refractivity contribution in [2.24, 2.45) is 0 Å². The average molecular weight is 365 g/mol. The number of aryl methyl sites for hydroxylation is 1. The number of nitrogens with zero attached hydrogens (tertiary/aromatic N) is 1. The van der Waals surface area contributed by atoms with Gasteiger partial charge in [0.25, 0.3) is 5.91 Å². The van der Waals surface area contributed by atoms with E-state index in [9.17, 15) is 4.79 Å². The molecule has 0 saturated heterocycles. The molecule has 5 nitrogen and oxygen atoms in total. The second-order valence-electron chi connectivity index (χ2n) is 6.87. The summed E-state index contributed by atoms with van der Waals surface area (Å²) in [5.74, 6) is 1.30. The zero-order chi connectivity index (χ0) is 18.9. The van der Waals surface area contributed by atoms with E-state index in [2.05, 4.69) is 21.7 Å². The van der Waals surface area contributed by atoms with Gasteiger partial charge in [-0.05, 0) is 63.3 Å². The van der Waals surface area contributed by atoms with Gasteiger partial charge in [0.05, 0.1) is 11.9 Å². The molecule has 0 aliphatic heterocycles. The lowest BCUT2D eigenvalue weighted by atomic mass is 9.97. The number of pyridine rings is 1. The van der Waals surface area contributed by atoms with Crippen molar-refractivity contribution >= 4 is 17.4 Å². The van der Waals surface area contributed by atoms with Crippen molar-refractivity contribution in [2.45, 2.75) is 39.0 Å². The van der Waals surface area contributed by atoms with E-state index >= 15 is 0 Å². The van der Waals surface area contributed by atoms with E-state index in [1.165, 1.54) is 25.7 Å². The van der Waals surface area contributed by atoms with Gasteiger partial charge in [0.15, 0.2) is 6.61 Å². The fourth-order valence-electron chi connectivity index (χ4n) is 3.04. The highest BCUT2D eigenvalue weighted by Crippen LogP contribution is 2.20. The summed E-state index contributed by atoms with van der Waals surface area (Å²) in [7, 11) is 0. The number of anilines is 2. The number of carbonyl (C=O) groups is 1. The third-order valence-corrected chi connectivity index (χ3v) is 4.58. The Morgan fingerprint density at radius 1 is 1.15 bits per heavy atom. The molecule has 0 fully saturated rings. The maximum absolute atomic E-state index is 12.0. The van der Waals surface area contributed by atoms with Crippen LogP contribution in [0.15, 0.2) is 54.2 Å². The highest BCUT2D eigenvalue weighted by atomic mass is 16.5. The fourth-order valence-corrected chi connectivity index (χ4v) is 3.04. The van der Waals surface area contributed by atoms with Gasteiger partial charge in [-0.1, -0.05) is 29.3 Å². The highest BCUT2D eigenvalue weighted by molar-refractivity contribution is 5.91. The Morgan fingerprint density at radius 2 is 2.00 bits per heavy atom. The molecule has 1 aliphatic carbocycles. The molecular formula is C22H27N3O2. The standard InChI is InChI=1S/C22H27N3O2/c1-17-7-10-20(11-8-17)27-16-22(26)25-19-9-12-21(24-15-19)23-14-13-18-5-3-2-4-6-18/h5,7-12,15H,2-4,6,13-14,16H2,1H3,(H,23,24)(H,25,26). The van der Waals surface area contributed by atoms with Crippen molar-refractivity contribution in [3.8, 4) is 5.75 Å². The second kappa shape index (κ2) is 9.76. The highest BCUT2D eigenvalue weighted by Gasteiger charge is 2.06. The third-order valence-electron chi connectivity index (χ3n) is 4.58. The molecule has 142 valence electrons. The Labute approximate surface area is 160 Å². The molecule has 2 aromatic rings. The molecule has 0 saturated carbocycles. The van der Waals surface area contributed by atoms with Gasteiger partial charge in [-0.15, -0.1) is 0 Å². The molecule has 1 aromatic heterocycles. The molecule has 0 bridgehead atoms. The number of benzene rings is 1. The number of amides is 1. The van der Waals surface area contributed by atoms with Gasteiger partial charge in [0.1, 0.15) is 11.6 Å². The molecule has 1 aliphatic rings. The minimum atomic E-state index is -0.206. The zero-order valence-corrected chi connectivity index (χ0v) is 15.8. The summed E-state index contributed by atoms with van der Waals surface area (Å²) in [6.07, 6.45) is 10.2. The number of carbonyl (C=O) groups excluding carboxylic acids is 1. The molecular weight excluding hydrogens is 338 g/mol. The van der Waals surface area contributed by atoms with Crippen LogP contribution in [0, 0.1) is 6.92 Å². The fraction of sp³-hybridized carbons (Fsp3) is 0.364. The summed E-state index contributed by atoms with van der Waals surface area (Å²) in [6, 6.07) is 11.3. The summed E-state index contributed by atoms with van der Waals surface area (Å²) in [6.45, 7) is 2.86. The Kier molecular flexibility index (Phi) is 6.85. The van der Waals surface area contributed by atoms with Crippen molar-refractivity contribution in [3.05, 3.63) is 59.8 Å². The van der Waals surface area contributed by atoms with Gasteiger partial charge in [-0.3, -0.25) is 4.79 Å². The molecule has 1 amide bonds. The van der Waals surface area contributed by atoms with E-state index in [1.54, 1.807) is 11.8 Å². The molecule has 2 N–H and O–H groups in total. The van der Waals surface area contributed by atoms with E-state index < -0.39 is 0 Å². The van der Waals surface area contributed by atoms with E-state index in [1.807, 2.05) is 43.3 Å². The average Bonchev–Trinajstić information content (AvgIpc) is 2.70. The quantitative estimate of drug-likeness (QED) is 0.665. The number of allylic oxidation sites excluding steroid dienone is 1. The molecule has 5 heteroatoms. The maximum atomic E-state index is 12.0. The van der Waals surface area contributed by atoms with Gasteiger partial charge in [0.2, 0.25) is 0 Å². The van der Waals surface area contributed by atoms with Crippen LogP contribution < -0.4 is 15.4 Å². The van der Waals surface area contributed by atoms with Crippen molar-refractivity contribution in [3.63, 3.8) is 0 Å². The Morgan fingerprint density at radius 3 is 2.70 bits per heavy atom. The molecule has 0 atom stereocenters. The van der Waals surface area contributed by atoms with Gasteiger partial charge in [-0.25, -0.2) is 4.98 Å². The van der Waals surface area contributed by atoms with E-state index in [-0.39, 0.29) is 12.5 Å². The minimum Gasteiger partial charge on any atom is -0.484 e. The SMILES string of the molecule is Cc1ccc(OCC(=O)Nc2ccc(NCCC3=CCCCC3)nc2)cc1. The Hall–Kier alpha value is -2.82. The molecule has 0 spiro atoms. The monoisotopic (exact) mass is 365 g/mol. The van der Waals surface area contributed by atoms with Gasteiger partial charge < -0.3 is 15.4 Å². The summed E-state index contributed by atoms with van der Waals surface area (Å²) < 4.78 is 5.48. The van der Waals surface area contributed by atoms with Gasteiger partial charge >= 0.3 is 0 Å². The summed E-state index contributed by atoms with van der Waals surface area (Å²) in [5.41, 5.74) is 3.36. The van der Waals surface area contributed by atoms with Crippen molar-refractivity contribution < 1.29 is 9.53 Å². The number of hydrogen-bond acceptors (Lipinski definition) is 4. The third kappa shape index (κ3) is 6.44. The maximum Gasteiger partial charge on any atom is 0.262 e. The van der Waals surface area contributed by atoms with Crippen molar-refractivity contribution in [1.29, 1.82) is 0 Å². The van der Waals surface area contributed by atoms with Crippen LogP contribution in [0.2, 0.25) is 0 Å². The van der Waals surface area contributed by atoms with Crippen LogP contribution in [-0.4, -0.2) is 24.0 Å². The Balaban J connectivity index is 1.39. The summed E-state index contributed by atoms with van der Waals surface area (Å²) >= 11 is 0. The first-order valence-electron chi connectivity index (χ1n) is 9.56. The number of rotatable bonds is 8. The van der Waals surface area contributed by atoms with Crippen LogP contribution in [-0.2, 0) is 4.79 Å². The predicted molar refractivity (Wildman–Crippen MR) is 109 cm³/mol. The Bertz CT molecular complexity index is 767. The molecule has 1 heterocycles. The van der Waals surface area contributed by atoms with E-state index in [4.69, 9.17) is 4.74 Å². The molecule has 1 aromatic carbocycles. The molecule has 0 unspecified atom stereocenters. The second-order valence-corrected chi connectivity index (χ2v) is 6.87. The van der Waals surface area contributed by atoms with Crippen LogP contribution >= 0.6 is 0 Å². The smallest absolute Gasteiger partial charge is 0.262 e. The topological polar surface area (TPSA) is 63.2 Å².